The molecule has 0 saturated carbocycles. The van der Waals surface area contributed by atoms with Gasteiger partial charge in [0.05, 0.1) is 5.69 Å². The quantitative estimate of drug-likeness (QED) is 0.792. The third kappa shape index (κ3) is 2.50. The van der Waals surface area contributed by atoms with E-state index < -0.39 is 0 Å². The molecule has 0 aliphatic rings. The van der Waals surface area contributed by atoms with Gasteiger partial charge in [0, 0.05) is 18.0 Å². The number of rotatable bonds is 3. The Balaban J connectivity index is 2.01. The highest BCUT2D eigenvalue weighted by Gasteiger charge is 2.07. The number of nitrogens with zero attached hydrogens (tertiary/aromatic N) is 3. The zero-order valence-electron chi connectivity index (χ0n) is 11.7. The number of hydrogen-bond donors (Lipinski definition) is 1. The van der Waals surface area contributed by atoms with Crippen molar-refractivity contribution in [2.75, 3.05) is 5.73 Å². The van der Waals surface area contributed by atoms with Gasteiger partial charge < -0.3 is 5.73 Å². The van der Waals surface area contributed by atoms with Crippen molar-refractivity contribution in [1.29, 1.82) is 0 Å². The summed E-state index contributed by atoms with van der Waals surface area (Å²) in [6.45, 7) is 4.45. The lowest BCUT2D eigenvalue weighted by molar-refractivity contribution is 0.647. The summed E-state index contributed by atoms with van der Waals surface area (Å²) in [6, 6.07) is 10.3. The maximum Gasteiger partial charge on any atom is 0.236 e. The Kier molecular flexibility index (Phi) is 3.14. The van der Waals surface area contributed by atoms with Crippen LogP contribution in [0, 0.1) is 5.92 Å². The van der Waals surface area contributed by atoms with Crippen molar-refractivity contribution >= 4 is 11.6 Å². The molecule has 0 spiro atoms. The minimum absolute atomic E-state index is 0.489. The Morgan fingerprint density at radius 1 is 1.20 bits per heavy atom. The monoisotopic (exact) mass is 266 g/mol. The van der Waals surface area contributed by atoms with Crippen molar-refractivity contribution in [3.63, 3.8) is 0 Å². The lowest BCUT2D eigenvalue weighted by Gasteiger charge is -2.06. The van der Waals surface area contributed by atoms with Gasteiger partial charge in [0.15, 0.2) is 0 Å². The van der Waals surface area contributed by atoms with Crippen LogP contribution in [-0.4, -0.2) is 14.4 Å². The number of benzene rings is 1. The van der Waals surface area contributed by atoms with Crippen LogP contribution < -0.4 is 5.73 Å². The molecule has 102 valence electrons. The van der Waals surface area contributed by atoms with E-state index in [-0.39, 0.29) is 0 Å². The standard InChI is InChI=1S/C16H18N4/c1-11(2)8-12-4-3-5-13(9-12)14-10-20-7-6-15(17)19-16(20)18-14/h3-7,9-11H,8H2,1-2H3,(H2,17,18,19). The first-order chi connectivity index (χ1) is 9.61. The summed E-state index contributed by atoms with van der Waals surface area (Å²) in [4.78, 5) is 8.76. The van der Waals surface area contributed by atoms with Gasteiger partial charge >= 0.3 is 0 Å². The van der Waals surface area contributed by atoms with Crippen molar-refractivity contribution in [1.82, 2.24) is 14.4 Å². The first-order valence-corrected chi connectivity index (χ1v) is 6.82. The Labute approximate surface area is 118 Å². The van der Waals surface area contributed by atoms with Gasteiger partial charge in [-0.25, -0.2) is 4.98 Å². The summed E-state index contributed by atoms with van der Waals surface area (Å²) in [5.74, 6) is 1.77. The maximum absolute atomic E-state index is 5.69. The summed E-state index contributed by atoms with van der Waals surface area (Å²) in [5.41, 5.74) is 9.06. The number of nitrogens with two attached hydrogens (primary N) is 1. The Hall–Kier alpha value is -2.36. The highest BCUT2D eigenvalue weighted by atomic mass is 15.1. The molecule has 0 amide bonds. The van der Waals surface area contributed by atoms with E-state index in [2.05, 4.69) is 48.1 Å². The van der Waals surface area contributed by atoms with Crippen LogP contribution in [0.1, 0.15) is 19.4 Å². The SMILES string of the molecule is CC(C)Cc1cccc(-c2cn3ccc(N)nc3n2)c1. The van der Waals surface area contributed by atoms with Gasteiger partial charge in [-0.05, 0) is 30.0 Å². The molecule has 20 heavy (non-hydrogen) atoms. The van der Waals surface area contributed by atoms with Crippen LogP contribution in [0.25, 0.3) is 17.0 Å². The number of fused-ring (bicyclic) bond motifs is 1. The van der Waals surface area contributed by atoms with Crippen LogP contribution in [0.2, 0.25) is 0 Å². The second-order valence-corrected chi connectivity index (χ2v) is 5.48. The molecular formula is C16H18N4. The summed E-state index contributed by atoms with van der Waals surface area (Å²) >= 11 is 0. The fourth-order valence-electron chi connectivity index (χ4n) is 2.35. The van der Waals surface area contributed by atoms with Crippen molar-refractivity contribution < 1.29 is 0 Å². The van der Waals surface area contributed by atoms with Gasteiger partial charge in [-0.15, -0.1) is 0 Å². The zero-order chi connectivity index (χ0) is 14.1. The van der Waals surface area contributed by atoms with Gasteiger partial charge in [-0.3, -0.25) is 4.40 Å². The van der Waals surface area contributed by atoms with Crippen LogP contribution in [0.5, 0.6) is 0 Å². The Bertz CT molecular complexity index is 743. The van der Waals surface area contributed by atoms with Gasteiger partial charge in [0.2, 0.25) is 5.78 Å². The zero-order valence-corrected chi connectivity index (χ0v) is 11.7. The molecular weight excluding hydrogens is 248 g/mol. The minimum Gasteiger partial charge on any atom is -0.384 e. The van der Waals surface area contributed by atoms with E-state index in [0.717, 1.165) is 17.7 Å². The third-order valence-electron chi connectivity index (χ3n) is 3.21. The summed E-state index contributed by atoms with van der Waals surface area (Å²) in [5, 5.41) is 0. The van der Waals surface area contributed by atoms with E-state index >= 15 is 0 Å². The lowest BCUT2D eigenvalue weighted by Crippen LogP contribution is -1.94. The van der Waals surface area contributed by atoms with Crippen molar-refractivity contribution in [3.8, 4) is 11.3 Å². The van der Waals surface area contributed by atoms with Crippen LogP contribution in [-0.2, 0) is 6.42 Å². The van der Waals surface area contributed by atoms with E-state index in [9.17, 15) is 0 Å². The second kappa shape index (κ2) is 4.96. The van der Waals surface area contributed by atoms with Crippen molar-refractivity contribution in [3.05, 3.63) is 48.3 Å². The molecule has 0 radical (unpaired) electrons. The lowest BCUT2D eigenvalue weighted by atomic mass is 10.0. The molecule has 3 rings (SSSR count). The molecule has 2 N–H and O–H groups in total. The molecule has 0 fully saturated rings. The predicted molar refractivity (Wildman–Crippen MR) is 81.4 cm³/mol. The van der Waals surface area contributed by atoms with E-state index in [1.807, 2.05) is 16.8 Å². The molecule has 0 unspecified atom stereocenters. The molecule has 0 saturated heterocycles. The summed E-state index contributed by atoms with van der Waals surface area (Å²) in [6.07, 6.45) is 4.94. The van der Waals surface area contributed by atoms with Crippen LogP contribution in [0.4, 0.5) is 5.82 Å². The Morgan fingerprint density at radius 3 is 2.85 bits per heavy atom. The molecule has 1 aromatic carbocycles. The number of hydrogen-bond acceptors (Lipinski definition) is 3. The normalized spacial score (nSPS) is 11.3. The number of nitrogen functional groups attached to an aromatic ring is 1. The predicted octanol–water partition coefficient (Wildman–Crippen LogP) is 3.18. The van der Waals surface area contributed by atoms with Crippen molar-refractivity contribution in [2.45, 2.75) is 20.3 Å². The average molecular weight is 266 g/mol. The molecule has 3 aromatic rings. The highest BCUT2D eigenvalue weighted by Crippen LogP contribution is 2.21. The molecule has 4 heteroatoms. The van der Waals surface area contributed by atoms with Crippen LogP contribution >= 0.6 is 0 Å². The van der Waals surface area contributed by atoms with E-state index in [1.54, 1.807) is 6.07 Å². The maximum atomic E-state index is 5.69. The average Bonchev–Trinajstić information content (AvgIpc) is 2.81. The molecule has 0 aliphatic heterocycles. The van der Waals surface area contributed by atoms with Gasteiger partial charge in [0.25, 0.3) is 0 Å². The van der Waals surface area contributed by atoms with E-state index in [0.29, 0.717) is 17.5 Å². The first-order valence-electron chi connectivity index (χ1n) is 6.82. The topological polar surface area (TPSA) is 56.2 Å². The molecule has 0 aliphatic carbocycles. The number of imidazole rings is 1. The van der Waals surface area contributed by atoms with Crippen LogP contribution in [0.15, 0.2) is 42.7 Å². The Morgan fingerprint density at radius 2 is 2.05 bits per heavy atom. The number of aromatic nitrogens is 3. The second-order valence-electron chi connectivity index (χ2n) is 5.48. The largest absolute Gasteiger partial charge is 0.384 e. The van der Waals surface area contributed by atoms with Gasteiger partial charge in [-0.1, -0.05) is 32.0 Å². The highest BCUT2D eigenvalue weighted by molar-refractivity contribution is 5.62. The molecule has 0 atom stereocenters. The fraction of sp³-hybridized carbons (Fsp3) is 0.250. The van der Waals surface area contributed by atoms with E-state index in [1.165, 1.54) is 5.56 Å². The van der Waals surface area contributed by atoms with Crippen LogP contribution in [0.3, 0.4) is 0 Å². The first kappa shape index (κ1) is 12.7. The fourth-order valence-corrected chi connectivity index (χ4v) is 2.35. The molecule has 0 bridgehead atoms. The summed E-state index contributed by atoms with van der Waals surface area (Å²) < 4.78 is 1.89. The van der Waals surface area contributed by atoms with E-state index in [4.69, 9.17) is 5.73 Å². The molecule has 2 aromatic heterocycles. The summed E-state index contributed by atoms with van der Waals surface area (Å²) in [7, 11) is 0. The smallest absolute Gasteiger partial charge is 0.236 e. The molecule has 4 nitrogen and oxygen atoms in total. The van der Waals surface area contributed by atoms with Gasteiger partial charge in [0.1, 0.15) is 5.82 Å². The third-order valence-corrected chi connectivity index (χ3v) is 3.21. The van der Waals surface area contributed by atoms with Crippen molar-refractivity contribution in [2.24, 2.45) is 5.92 Å². The van der Waals surface area contributed by atoms with Gasteiger partial charge in [-0.2, -0.15) is 4.98 Å². The minimum atomic E-state index is 0.489. The molecule has 2 heterocycles. The number of anilines is 1.